The number of nitrogens with zero attached hydrogens (tertiary/aromatic N) is 4. The van der Waals surface area contributed by atoms with Crippen LogP contribution in [0.25, 0.3) is 16.7 Å². The van der Waals surface area contributed by atoms with Crippen LogP contribution in [0.15, 0.2) is 147 Å². The molecule has 0 N–H and O–H groups in total. The van der Waals surface area contributed by atoms with Crippen LogP contribution < -0.4 is 18.6 Å². The predicted molar refractivity (Wildman–Crippen MR) is 161 cm³/mol. The number of allylic oxidation sites excluding steroid dienone is 2. The highest BCUT2D eigenvalue weighted by molar-refractivity contribution is 6.00. The second-order valence-corrected chi connectivity index (χ2v) is 10.8. The maximum absolute atomic E-state index is 12.9. The van der Waals surface area contributed by atoms with Gasteiger partial charge in [-0.3, -0.25) is 4.79 Å². The molecule has 0 amide bonds. The summed E-state index contributed by atoms with van der Waals surface area (Å²) in [4.78, 5) is 15.1. The van der Waals surface area contributed by atoms with Gasteiger partial charge in [0.25, 0.3) is 0 Å². The van der Waals surface area contributed by atoms with E-state index in [-0.39, 0.29) is 5.78 Å². The summed E-state index contributed by atoms with van der Waals surface area (Å²) in [6.07, 6.45) is 22.5. The van der Waals surface area contributed by atoms with Gasteiger partial charge >= 0.3 is 0 Å². The molecule has 0 saturated carbocycles. The van der Waals surface area contributed by atoms with E-state index < -0.39 is 0 Å². The molecule has 0 aliphatic carbocycles. The second-order valence-electron chi connectivity index (χ2n) is 10.8. The van der Waals surface area contributed by atoms with Crippen molar-refractivity contribution in [1.82, 2.24) is 4.90 Å². The van der Waals surface area contributed by atoms with Gasteiger partial charge in [0, 0.05) is 72.0 Å². The van der Waals surface area contributed by atoms with Crippen LogP contribution in [0.3, 0.4) is 0 Å². The lowest BCUT2D eigenvalue weighted by Gasteiger charge is -2.19. The number of rotatable bonds is 0. The third-order valence-corrected chi connectivity index (χ3v) is 7.82. The Kier molecular flexibility index (Phi) is 6.82. The predicted octanol–water partition coefficient (Wildman–Crippen LogP) is 4.21. The number of ketones is 1. The first kappa shape index (κ1) is 25.5. The Morgan fingerprint density at radius 3 is 1.57 bits per heavy atom. The van der Waals surface area contributed by atoms with Crippen LogP contribution in [-0.4, -0.2) is 10.7 Å². The van der Waals surface area contributed by atoms with Crippen LogP contribution in [-0.2, 0) is 19.6 Å². The standard InChI is InChI=1S/C37H31N4O/c42-37-28-41-23-15-35(16-24-41)34-11-19-39(20-12-34)26-30-3-1-29(2-4-30)25-38-17-9-32(10-18-38)33-13-21-40(22-14-33)27-31-5-7-36(37)8-6-31/h1-24,28H,25-27H2/q+3. The highest BCUT2D eigenvalue weighted by Gasteiger charge is 2.11. The van der Waals surface area contributed by atoms with Gasteiger partial charge in [0.2, 0.25) is 12.0 Å². The Morgan fingerprint density at radius 2 is 1.02 bits per heavy atom. The number of hydrogen-bond acceptors (Lipinski definition) is 2. The Morgan fingerprint density at radius 1 is 0.524 bits per heavy atom. The zero-order valence-electron chi connectivity index (χ0n) is 23.3. The van der Waals surface area contributed by atoms with Crippen molar-refractivity contribution in [1.29, 1.82) is 0 Å². The molecule has 0 spiro atoms. The number of aromatic nitrogens is 3. The molecule has 2 aromatic carbocycles. The molecule has 0 atom stereocenters. The van der Waals surface area contributed by atoms with E-state index in [1.165, 1.54) is 22.3 Å². The maximum Gasteiger partial charge on any atom is 0.249 e. The molecule has 11 aliphatic heterocycles. The molecule has 11 aliphatic rings. The molecular formula is C37H31N4O+3. The van der Waals surface area contributed by atoms with Gasteiger partial charge in [-0.1, -0.05) is 48.5 Å². The summed E-state index contributed by atoms with van der Waals surface area (Å²) in [6.45, 7) is 2.38. The second kappa shape index (κ2) is 11.2. The van der Waals surface area contributed by atoms with Gasteiger partial charge < -0.3 is 4.90 Å². The van der Waals surface area contributed by atoms with Crippen molar-refractivity contribution in [2.75, 3.05) is 0 Å². The van der Waals surface area contributed by atoms with Crippen molar-refractivity contribution < 1.29 is 18.2 Å². The zero-order chi connectivity index (χ0) is 28.3. The third kappa shape index (κ3) is 5.72. The van der Waals surface area contributed by atoms with Crippen molar-refractivity contribution in [3.63, 3.8) is 0 Å². The Hall–Kier alpha value is -5.42. The van der Waals surface area contributed by atoms with Crippen LogP contribution in [0.1, 0.15) is 27.0 Å². The largest absolute Gasteiger partial charge is 0.350 e. The fraction of sp³-hybridized carbons (Fsp3) is 0.0811. The first-order valence-electron chi connectivity index (χ1n) is 14.2. The molecule has 0 fully saturated rings. The summed E-state index contributed by atoms with van der Waals surface area (Å²) in [5.41, 5.74) is 7.85. The van der Waals surface area contributed by atoms with Gasteiger partial charge in [0.15, 0.2) is 50.3 Å². The highest BCUT2D eigenvalue weighted by Crippen LogP contribution is 2.17. The minimum Gasteiger partial charge on any atom is -0.350 e. The third-order valence-electron chi connectivity index (χ3n) is 7.82. The van der Waals surface area contributed by atoms with Gasteiger partial charge in [-0.05, 0) is 39.6 Å². The zero-order valence-corrected chi connectivity index (χ0v) is 23.3. The van der Waals surface area contributed by atoms with Crippen LogP contribution in [0, 0.1) is 6.21 Å². The lowest BCUT2D eigenvalue weighted by atomic mass is 10.1. The maximum atomic E-state index is 12.9. The number of benzene rings is 2. The lowest BCUT2D eigenvalue weighted by molar-refractivity contribution is -0.688. The van der Waals surface area contributed by atoms with Gasteiger partial charge in [0.1, 0.15) is 0 Å². The summed E-state index contributed by atoms with van der Waals surface area (Å²) in [5, 5.41) is 1.10. The van der Waals surface area contributed by atoms with E-state index >= 15 is 0 Å². The van der Waals surface area contributed by atoms with Crippen molar-refractivity contribution in [2.45, 2.75) is 19.6 Å². The molecule has 0 unspecified atom stereocenters. The minimum absolute atomic E-state index is 0.0294. The van der Waals surface area contributed by atoms with E-state index in [0.717, 1.165) is 36.0 Å². The number of carbonyl (C=O) groups excluding carboxylic acids is 1. The van der Waals surface area contributed by atoms with Crippen molar-refractivity contribution in [3.05, 3.63) is 180 Å². The van der Waals surface area contributed by atoms with Gasteiger partial charge in [0.05, 0.1) is 0 Å². The monoisotopic (exact) mass is 547 g/mol. The van der Waals surface area contributed by atoms with Gasteiger partial charge in [-0.25, -0.2) is 9.13 Å². The lowest BCUT2D eigenvalue weighted by Crippen LogP contribution is -2.33. The Balaban J connectivity index is 1.21. The number of Topliss-reactive ketones (excluding diaryl/α,β-unsaturated/α-hetero) is 1. The Bertz CT molecular complexity index is 1900. The van der Waals surface area contributed by atoms with E-state index in [1.54, 1.807) is 6.21 Å². The van der Waals surface area contributed by atoms with Crippen LogP contribution in [0.2, 0.25) is 0 Å². The number of pyridine rings is 3. The van der Waals surface area contributed by atoms with Crippen LogP contribution >= 0.6 is 0 Å². The summed E-state index contributed by atoms with van der Waals surface area (Å²) in [7, 11) is 0. The number of hydrogen-bond donors (Lipinski definition) is 0. The molecule has 5 heteroatoms. The van der Waals surface area contributed by atoms with E-state index in [0.29, 0.717) is 5.56 Å². The highest BCUT2D eigenvalue weighted by atomic mass is 16.1. The molecule has 14 heterocycles. The Labute approximate surface area is 245 Å². The summed E-state index contributed by atoms with van der Waals surface area (Å²) in [5.74, 6) is -0.0294. The number of carbonyl (C=O) groups is 1. The topological polar surface area (TPSA) is 34.0 Å². The first-order valence-corrected chi connectivity index (χ1v) is 14.2. The molecule has 202 valence electrons. The molecule has 5 aromatic rings. The minimum atomic E-state index is -0.0294. The fourth-order valence-electron chi connectivity index (χ4n) is 5.35. The average molecular weight is 548 g/mol. The van der Waals surface area contributed by atoms with Crippen molar-refractivity contribution in [2.24, 2.45) is 0 Å². The van der Waals surface area contributed by atoms with Gasteiger partial charge in [-0.2, -0.15) is 4.24 Å². The quantitative estimate of drug-likeness (QED) is 0.272. The normalized spacial score (nSPS) is 14.3. The molecule has 3 aromatic heterocycles. The molecule has 5 nitrogen and oxygen atoms in total. The van der Waals surface area contributed by atoms with E-state index in [2.05, 4.69) is 112 Å². The molecule has 42 heavy (non-hydrogen) atoms. The molecular weight excluding hydrogens is 516 g/mol. The summed E-state index contributed by atoms with van der Waals surface area (Å²) in [6, 6.07) is 29.4. The van der Waals surface area contributed by atoms with Crippen LogP contribution in [0.4, 0.5) is 0 Å². The molecule has 12 bridgehead atoms. The summed E-state index contributed by atoms with van der Waals surface area (Å²) < 4.78 is 6.18. The van der Waals surface area contributed by atoms with Crippen molar-refractivity contribution >= 4 is 11.4 Å². The fourth-order valence-corrected chi connectivity index (χ4v) is 5.35. The van der Waals surface area contributed by atoms with E-state index in [9.17, 15) is 4.79 Å². The average Bonchev–Trinajstić information content (AvgIpc) is 3.04. The van der Waals surface area contributed by atoms with E-state index in [1.807, 2.05) is 53.0 Å². The van der Waals surface area contributed by atoms with Crippen LogP contribution in [0.5, 0.6) is 0 Å². The molecule has 0 radical (unpaired) electrons. The van der Waals surface area contributed by atoms with Gasteiger partial charge in [-0.15, -0.1) is 0 Å². The summed E-state index contributed by atoms with van der Waals surface area (Å²) >= 11 is 0. The SMILES string of the molecule is O=C1C=[n+]2ccc(cc2)=C2C=CN(C=C2)Cc2ccc(cc2)C[n+]2ccc(cc2)-c2cc[n+](cc2)Cc2ccc1cc2. The van der Waals surface area contributed by atoms with Crippen molar-refractivity contribution in [3.8, 4) is 11.1 Å². The first-order chi connectivity index (χ1) is 20.6. The molecule has 0 saturated heterocycles. The smallest absolute Gasteiger partial charge is 0.249 e. The van der Waals surface area contributed by atoms with E-state index in [4.69, 9.17) is 0 Å². The molecule has 16 rings (SSSR count).